The lowest BCUT2D eigenvalue weighted by molar-refractivity contribution is -0.126. The van der Waals surface area contributed by atoms with Gasteiger partial charge in [0.05, 0.1) is 5.56 Å². The van der Waals surface area contributed by atoms with Gasteiger partial charge < -0.3 is 20.3 Å². The number of benzene rings is 2. The van der Waals surface area contributed by atoms with Crippen LogP contribution in [0.15, 0.2) is 42.5 Å². The third-order valence-corrected chi connectivity index (χ3v) is 5.06. The van der Waals surface area contributed by atoms with Crippen molar-refractivity contribution in [1.82, 2.24) is 9.80 Å². The summed E-state index contributed by atoms with van der Waals surface area (Å²) in [6, 6.07) is 11.6. The van der Waals surface area contributed by atoms with E-state index in [1.165, 1.54) is 23.1 Å². The third kappa shape index (κ3) is 5.12. The van der Waals surface area contributed by atoms with Gasteiger partial charge in [-0.15, -0.1) is 0 Å². The van der Waals surface area contributed by atoms with Gasteiger partial charge in [-0.05, 0) is 48.9 Å². The van der Waals surface area contributed by atoms with Crippen LogP contribution in [0.2, 0.25) is 0 Å². The molecule has 2 aromatic carbocycles. The zero-order valence-electron chi connectivity index (χ0n) is 16.7. The molecule has 6 nitrogen and oxygen atoms in total. The quantitative estimate of drug-likeness (QED) is 0.777. The van der Waals surface area contributed by atoms with Gasteiger partial charge in [-0.25, -0.2) is 4.39 Å². The predicted octanol–water partition coefficient (Wildman–Crippen LogP) is 2.67. The number of rotatable bonds is 7. The molecule has 0 bridgehead atoms. The maximum absolute atomic E-state index is 14.3. The Morgan fingerprint density at radius 1 is 1.24 bits per heavy atom. The van der Waals surface area contributed by atoms with Gasteiger partial charge in [-0.3, -0.25) is 9.59 Å². The standard InChI is InChI=1S/C22H26FN3O3/c1-25-13-16(11-21(25)27)14-26(2)22(28)19-12-18(7-8-20(19)23)29-17-5-3-15(4-6-17)9-10-24/h3-8,12,16H,9-11,13-14,24H2,1-2H3. The van der Waals surface area contributed by atoms with E-state index in [1.807, 2.05) is 24.3 Å². The van der Waals surface area contributed by atoms with Crippen LogP contribution in [0.4, 0.5) is 4.39 Å². The molecule has 2 aromatic rings. The molecule has 1 saturated heterocycles. The van der Waals surface area contributed by atoms with Crippen molar-refractivity contribution in [3.63, 3.8) is 0 Å². The van der Waals surface area contributed by atoms with Gasteiger partial charge in [0.15, 0.2) is 0 Å². The Labute approximate surface area is 170 Å². The SMILES string of the molecule is CN1CC(CN(C)C(=O)c2cc(Oc3ccc(CCN)cc3)ccc2F)CC1=O. The molecule has 29 heavy (non-hydrogen) atoms. The number of hydrogen-bond donors (Lipinski definition) is 1. The summed E-state index contributed by atoms with van der Waals surface area (Å²) in [7, 11) is 3.36. The van der Waals surface area contributed by atoms with Crippen molar-refractivity contribution >= 4 is 11.8 Å². The molecule has 1 heterocycles. The first kappa shape index (κ1) is 20.8. The maximum Gasteiger partial charge on any atom is 0.256 e. The minimum Gasteiger partial charge on any atom is -0.457 e. The number of nitrogens with two attached hydrogens (primary N) is 1. The van der Waals surface area contributed by atoms with Gasteiger partial charge in [0.2, 0.25) is 5.91 Å². The highest BCUT2D eigenvalue weighted by molar-refractivity contribution is 5.94. The van der Waals surface area contributed by atoms with Crippen molar-refractivity contribution in [3.05, 3.63) is 59.4 Å². The molecule has 1 aliphatic heterocycles. The fourth-order valence-corrected chi connectivity index (χ4v) is 3.51. The van der Waals surface area contributed by atoms with Crippen LogP contribution in [-0.4, -0.2) is 55.3 Å². The first-order valence-electron chi connectivity index (χ1n) is 9.63. The number of carbonyl (C=O) groups excluding carboxylic acids is 2. The fraction of sp³-hybridized carbons (Fsp3) is 0.364. The normalized spacial score (nSPS) is 16.2. The van der Waals surface area contributed by atoms with E-state index in [2.05, 4.69) is 0 Å². The number of nitrogens with zero attached hydrogens (tertiary/aromatic N) is 2. The van der Waals surface area contributed by atoms with E-state index in [4.69, 9.17) is 10.5 Å². The average Bonchev–Trinajstić information content (AvgIpc) is 3.01. The minimum absolute atomic E-state index is 0.0518. The highest BCUT2D eigenvalue weighted by atomic mass is 19.1. The molecule has 1 aliphatic rings. The van der Waals surface area contributed by atoms with Gasteiger partial charge in [-0.2, -0.15) is 0 Å². The van der Waals surface area contributed by atoms with E-state index in [-0.39, 0.29) is 17.4 Å². The monoisotopic (exact) mass is 399 g/mol. The lowest BCUT2D eigenvalue weighted by Crippen LogP contribution is -2.33. The number of likely N-dealkylation sites (tertiary alicyclic amines) is 1. The van der Waals surface area contributed by atoms with Crippen molar-refractivity contribution < 1.29 is 18.7 Å². The Morgan fingerprint density at radius 2 is 1.93 bits per heavy atom. The summed E-state index contributed by atoms with van der Waals surface area (Å²) in [5.41, 5.74) is 6.60. The molecular weight excluding hydrogens is 373 g/mol. The highest BCUT2D eigenvalue weighted by Crippen LogP contribution is 2.25. The molecule has 2 N–H and O–H groups in total. The van der Waals surface area contributed by atoms with Crippen molar-refractivity contribution in [2.75, 3.05) is 33.7 Å². The van der Waals surface area contributed by atoms with Crippen molar-refractivity contribution in [3.8, 4) is 11.5 Å². The first-order valence-corrected chi connectivity index (χ1v) is 9.63. The van der Waals surface area contributed by atoms with Gasteiger partial charge in [0.25, 0.3) is 5.91 Å². The largest absolute Gasteiger partial charge is 0.457 e. The summed E-state index contributed by atoms with van der Waals surface area (Å²) in [6.45, 7) is 1.56. The van der Waals surface area contributed by atoms with E-state index < -0.39 is 11.7 Å². The Bertz CT molecular complexity index is 885. The van der Waals surface area contributed by atoms with Gasteiger partial charge in [0.1, 0.15) is 17.3 Å². The van der Waals surface area contributed by atoms with E-state index in [0.717, 1.165) is 12.0 Å². The molecule has 0 radical (unpaired) electrons. The molecule has 154 valence electrons. The van der Waals surface area contributed by atoms with Gasteiger partial charge >= 0.3 is 0 Å². The molecule has 0 aromatic heterocycles. The number of amides is 2. The van der Waals surface area contributed by atoms with Crippen LogP contribution in [0.25, 0.3) is 0 Å². The Hall–Kier alpha value is -2.93. The summed E-state index contributed by atoms with van der Waals surface area (Å²) >= 11 is 0. The van der Waals surface area contributed by atoms with Crippen LogP contribution in [-0.2, 0) is 11.2 Å². The molecule has 0 aliphatic carbocycles. The van der Waals surface area contributed by atoms with E-state index >= 15 is 0 Å². The van der Waals surface area contributed by atoms with E-state index in [0.29, 0.717) is 37.6 Å². The summed E-state index contributed by atoms with van der Waals surface area (Å²) in [4.78, 5) is 27.5. The predicted molar refractivity (Wildman–Crippen MR) is 108 cm³/mol. The summed E-state index contributed by atoms with van der Waals surface area (Å²) in [5.74, 6) is 0.0494. The summed E-state index contributed by atoms with van der Waals surface area (Å²) in [6.07, 6.45) is 1.18. The first-order chi connectivity index (χ1) is 13.9. The molecule has 7 heteroatoms. The van der Waals surface area contributed by atoms with Crippen molar-refractivity contribution in [1.29, 1.82) is 0 Å². The zero-order chi connectivity index (χ0) is 21.0. The van der Waals surface area contributed by atoms with Crippen LogP contribution in [0.5, 0.6) is 11.5 Å². The van der Waals surface area contributed by atoms with Crippen LogP contribution in [0.3, 0.4) is 0 Å². The summed E-state index contributed by atoms with van der Waals surface area (Å²) in [5, 5.41) is 0. The lowest BCUT2D eigenvalue weighted by atomic mass is 10.1. The zero-order valence-corrected chi connectivity index (χ0v) is 16.7. The Kier molecular flexibility index (Phi) is 6.49. The molecule has 1 unspecified atom stereocenters. The van der Waals surface area contributed by atoms with Crippen LogP contribution >= 0.6 is 0 Å². The number of hydrogen-bond acceptors (Lipinski definition) is 4. The van der Waals surface area contributed by atoms with E-state index in [1.54, 1.807) is 19.0 Å². The molecule has 3 rings (SSSR count). The van der Waals surface area contributed by atoms with Crippen molar-refractivity contribution in [2.24, 2.45) is 11.7 Å². The van der Waals surface area contributed by atoms with Crippen LogP contribution in [0, 0.1) is 11.7 Å². The average molecular weight is 399 g/mol. The molecule has 2 amide bonds. The second-order valence-corrected chi connectivity index (χ2v) is 7.46. The smallest absolute Gasteiger partial charge is 0.256 e. The molecular formula is C22H26FN3O3. The minimum atomic E-state index is -0.605. The number of ether oxygens (including phenoxy) is 1. The van der Waals surface area contributed by atoms with Crippen LogP contribution in [0.1, 0.15) is 22.3 Å². The van der Waals surface area contributed by atoms with Gasteiger partial charge in [-0.1, -0.05) is 12.1 Å². The molecule has 0 saturated carbocycles. The van der Waals surface area contributed by atoms with Crippen LogP contribution < -0.4 is 10.5 Å². The third-order valence-electron chi connectivity index (χ3n) is 5.06. The molecule has 0 spiro atoms. The second-order valence-electron chi connectivity index (χ2n) is 7.46. The lowest BCUT2D eigenvalue weighted by Gasteiger charge is -2.21. The Balaban J connectivity index is 1.69. The summed E-state index contributed by atoms with van der Waals surface area (Å²) < 4.78 is 20.1. The molecule has 1 fully saturated rings. The Morgan fingerprint density at radius 3 is 2.55 bits per heavy atom. The fourth-order valence-electron chi connectivity index (χ4n) is 3.51. The van der Waals surface area contributed by atoms with Gasteiger partial charge in [0, 0.05) is 39.5 Å². The topological polar surface area (TPSA) is 75.9 Å². The highest BCUT2D eigenvalue weighted by Gasteiger charge is 2.29. The second kappa shape index (κ2) is 9.05. The number of halogens is 1. The number of carbonyl (C=O) groups is 2. The maximum atomic E-state index is 14.3. The molecule has 1 atom stereocenters. The van der Waals surface area contributed by atoms with E-state index in [9.17, 15) is 14.0 Å². The van der Waals surface area contributed by atoms with Crippen molar-refractivity contribution in [2.45, 2.75) is 12.8 Å².